The minimum absolute atomic E-state index is 0.0344. The first kappa shape index (κ1) is 26.7. The smallest absolute Gasteiger partial charge is 0.242 e. The molecular weight excluding hydrogens is 484 g/mol. The Morgan fingerprint density at radius 2 is 1.76 bits per heavy atom. The molecule has 0 aliphatic heterocycles. The summed E-state index contributed by atoms with van der Waals surface area (Å²) in [6, 6.07) is 20.0. The molecule has 196 valence electrons. The van der Waals surface area contributed by atoms with Gasteiger partial charge in [0, 0.05) is 23.4 Å². The van der Waals surface area contributed by atoms with Gasteiger partial charge in [-0.3, -0.25) is 9.59 Å². The number of hydrogen-bond acceptors (Lipinski definition) is 5. The zero-order valence-electron chi connectivity index (χ0n) is 22.1. The van der Waals surface area contributed by atoms with Crippen LogP contribution in [-0.2, 0) is 22.6 Å². The van der Waals surface area contributed by atoms with Crippen LogP contribution in [-0.4, -0.2) is 55.0 Å². The van der Waals surface area contributed by atoms with Gasteiger partial charge in [0.25, 0.3) is 0 Å². The van der Waals surface area contributed by atoms with Crippen LogP contribution in [0.1, 0.15) is 42.2 Å². The van der Waals surface area contributed by atoms with Crippen LogP contribution in [0.3, 0.4) is 0 Å². The number of nitrogens with zero attached hydrogens (tertiary/aromatic N) is 2. The molecule has 2 atom stereocenters. The lowest BCUT2D eigenvalue weighted by molar-refractivity contribution is -0.143. The van der Waals surface area contributed by atoms with Crippen molar-refractivity contribution >= 4 is 23.2 Å². The minimum Gasteiger partial charge on any atom is -0.493 e. The molecule has 1 unspecified atom stereocenters. The molecule has 0 bridgehead atoms. The van der Waals surface area contributed by atoms with E-state index in [0.717, 1.165) is 16.9 Å². The summed E-state index contributed by atoms with van der Waals surface area (Å²) in [5.41, 5.74) is 2.26. The number of carbonyl (C=O) groups is 2. The van der Waals surface area contributed by atoms with Gasteiger partial charge in [0.15, 0.2) is 11.5 Å². The number of thiophene rings is 1. The summed E-state index contributed by atoms with van der Waals surface area (Å²) in [6.07, 6.45) is 1.52. The molecule has 2 amide bonds. The molecule has 0 saturated heterocycles. The van der Waals surface area contributed by atoms with E-state index in [9.17, 15) is 9.59 Å². The monoisotopic (exact) mass is 520 g/mol. The third-order valence-electron chi connectivity index (χ3n) is 6.95. The van der Waals surface area contributed by atoms with E-state index >= 15 is 0 Å². The van der Waals surface area contributed by atoms with Crippen molar-refractivity contribution in [2.24, 2.45) is 5.92 Å². The van der Waals surface area contributed by atoms with Crippen LogP contribution in [0.15, 0.2) is 66.0 Å². The summed E-state index contributed by atoms with van der Waals surface area (Å²) in [4.78, 5) is 31.8. The van der Waals surface area contributed by atoms with Crippen molar-refractivity contribution in [1.29, 1.82) is 0 Å². The van der Waals surface area contributed by atoms with E-state index in [0.29, 0.717) is 31.0 Å². The zero-order valence-corrected chi connectivity index (χ0v) is 22.9. The van der Waals surface area contributed by atoms with Crippen molar-refractivity contribution in [3.8, 4) is 11.5 Å². The third-order valence-corrected chi connectivity index (χ3v) is 7.81. The van der Waals surface area contributed by atoms with Gasteiger partial charge in [0.2, 0.25) is 11.8 Å². The third kappa shape index (κ3) is 6.72. The van der Waals surface area contributed by atoms with Crippen LogP contribution in [0.4, 0.5) is 0 Å². The Morgan fingerprint density at radius 1 is 1.00 bits per heavy atom. The maximum absolute atomic E-state index is 13.6. The van der Waals surface area contributed by atoms with Crippen molar-refractivity contribution in [1.82, 2.24) is 9.80 Å². The van der Waals surface area contributed by atoms with Crippen LogP contribution in [0.2, 0.25) is 0 Å². The van der Waals surface area contributed by atoms with Gasteiger partial charge in [-0.1, -0.05) is 42.5 Å². The molecule has 37 heavy (non-hydrogen) atoms. The first-order chi connectivity index (χ1) is 17.9. The SMILES string of the molecule is COc1ccc(CCN(Cc2cccs2)C(=O)CN(C(=O)C2C[C@H]2c2ccccc2)C(C)C)cc1OC. The van der Waals surface area contributed by atoms with E-state index in [1.807, 2.05) is 72.7 Å². The van der Waals surface area contributed by atoms with Crippen molar-refractivity contribution in [2.75, 3.05) is 27.3 Å². The molecule has 0 N–H and O–H groups in total. The molecule has 7 heteroatoms. The fourth-order valence-corrected chi connectivity index (χ4v) is 5.41. The molecule has 0 radical (unpaired) electrons. The van der Waals surface area contributed by atoms with Crippen LogP contribution in [0.5, 0.6) is 11.5 Å². The molecule has 4 rings (SSSR count). The highest BCUT2D eigenvalue weighted by Gasteiger charge is 2.46. The lowest BCUT2D eigenvalue weighted by Gasteiger charge is -2.30. The van der Waals surface area contributed by atoms with Crippen molar-refractivity contribution in [2.45, 2.75) is 45.2 Å². The number of methoxy groups -OCH3 is 2. The van der Waals surface area contributed by atoms with E-state index < -0.39 is 0 Å². The van der Waals surface area contributed by atoms with E-state index in [1.54, 1.807) is 30.5 Å². The average Bonchev–Trinajstić information content (AvgIpc) is 3.56. The zero-order chi connectivity index (χ0) is 26.4. The normalized spacial score (nSPS) is 16.4. The first-order valence-electron chi connectivity index (χ1n) is 12.8. The second-order valence-corrected chi connectivity index (χ2v) is 10.8. The molecule has 1 fully saturated rings. The fourth-order valence-electron chi connectivity index (χ4n) is 4.69. The Labute approximate surface area is 223 Å². The number of hydrogen-bond donors (Lipinski definition) is 0. The fraction of sp³-hybridized carbons (Fsp3) is 0.400. The predicted octanol–water partition coefficient (Wildman–Crippen LogP) is 5.38. The Kier molecular flexibility index (Phi) is 8.87. The quantitative estimate of drug-likeness (QED) is 0.322. The number of amides is 2. The summed E-state index contributed by atoms with van der Waals surface area (Å²) < 4.78 is 10.8. The minimum atomic E-state index is -0.0529. The van der Waals surface area contributed by atoms with E-state index in [1.165, 1.54) is 5.56 Å². The largest absolute Gasteiger partial charge is 0.493 e. The Hall–Kier alpha value is -3.32. The number of carbonyl (C=O) groups excluding carboxylic acids is 2. The molecule has 1 saturated carbocycles. The van der Waals surface area contributed by atoms with E-state index in [2.05, 4.69) is 12.1 Å². The number of benzene rings is 2. The lowest BCUT2D eigenvalue weighted by atomic mass is 10.1. The number of rotatable bonds is 12. The maximum Gasteiger partial charge on any atom is 0.242 e. The summed E-state index contributed by atoms with van der Waals surface area (Å²) in [5.74, 6) is 1.59. The molecule has 6 nitrogen and oxygen atoms in total. The average molecular weight is 521 g/mol. The predicted molar refractivity (Wildman–Crippen MR) is 147 cm³/mol. The second-order valence-electron chi connectivity index (χ2n) is 9.75. The van der Waals surface area contributed by atoms with Gasteiger partial charge >= 0.3 is 0 Å². The highest BCUT2D eigenvalue weighted by molar-refractivity contribution is 7.09. The molecule has 1 aliphatic carbocycles. The summed E-state index contributed by atoms with van der Waals surface area (Å²) in [7, 11) is 3.23. The van der Waals surface area contributed by atoms with E-state index in [-0.39, 0.29) is 36.2 Å². The highest BCUT2D eigenvalue weighted by atomic mass is 32.1. The van der Waals surface area contributed by atoms with Gasteiger partial charge in [0.05, 0.1) is 27.3 Å². The van der Waals surface area contributed by atoms with Crippen LogP contribution < -0.4 is 9.47 Å². The molecule has 1 aliphatic rings. The molecule has 0 spiro atoms. The van der Waals surface area contributed by atoms with Crippen LogP contribution >= 0.6 is 11.3 Å². The Balaban J connectivity index is 1.45. The van der Waals surface area contributed by atoms with Gasteiger partial charge in [-0.2, -0.15) is 0 Å². The maximum atomic E-state index is 13.6. The molecule has 1 aromatic heterocycles. The van der Waals surface area contributed by atoms with E-state index in [4.69, 9.17) is 9.47 Å². The van der Waals surface area contributed by atoms with Crippen LogP contribution in [0.25, 0.3) is 0 Å². The Bertz CT molecular complexity index is 1180. The topological polar surface area (TPSA) is 59.1 Å². The van der Waals surface area contributed by atoms with Gasteiger partial charge < -0.3 is 19.3 Å². The summed E-state index contributed by atoms with van der Waals surface area (Å²) >= 11 is 1.63. The highest BCUT2D eigenvalue weighted by Crippen LogP contribution is 2.48. The van der Waals surface area contributed by atoms with Gasteiger partial charge in [-0.25, -0.2) is 0 Å². The second kappa shape index (κ2) is 12.3. The first-order valence-corrected chi connectivity index (χ1v) is 13.7. The lowest BCUT2D eigenvalue weighted by Crippen LogP contribution is -2.46. The van der Waals surface area contributed by atoms with Gasteiger partial charge in [-0.05, 0) is 67.3 Å². The molecule has 1 heterocycles. The summed E-state index contributed by atoms with van der Waals surface area (Å²) in [6.45, 7) is 5.13. The number of ether oxygens (including phenoxy) is 2. The van der Waals surface area contributed by atoms with Crippen molar-refractivity contribution < 1.29 is 19.1 Å². The van der Waals surface area contributed by atoms with Crippen molar-refractivity contribution in [3.05, 3.63) is 82.0 Å². The van der Waals surface area contributed by atoms with Gasteiger partial charge in [0.1, 0.15) is 0 Å². The van der Waals surface area contributed by atoms with Gasteiger partial charge in [-0.15, -0.1) is 11.3 Å². The van der Waals surface area contributed by atoms with Crippen LogP contribution in [0, 0.1) is 5.92 Å². The Morgan fingerprint density at radius 3 is 2.41 bits per heavy atom. The van der Waals surface area contributed by atoms with Crippen molar-refractivity contribution in [3.63, 3.8) is 0 Å². The molecular formula is C30H36N2O4S. The standard InChI is InChI=1S/C30H36N2O4S/c1-21(2)32(30(34)26-18-25(26)23-9-6-5-7-10-23)20-29(33)31(19-24-11-8-16-37-24)15-14-22-12-13-27(35-3)28(17-22)36-4/h5-13,16-17,21,25-26H,14-15,18-20H2,1-4H3/t25-,26?/m0/s1. The molecule has 3 aromatic rings. The molecule has 2 aromatic carbocycles. The summed E-state index contributed by atoms with van der Waals surface area (Å²) in [5, 5.41) is 2.02.